The van der Waals surface area contributed by atoms with Crippen LogP contribution < -0.4 is 4.90 Å². The van der Waals surface area contributed by atoms with Gasteiger partial charge in [-0.2, -0.15) is 0 Å². The topological polar surface area (TPSA) is 74.5 Å². The molecule has 1 spiro atoms. The zero-order chi connectivity index (χ0) is 19.0. The van der Waals surface area contributed by atoms with E-state index in [2.05, 4.69) is 14.9 Å². The molecule has 0 aromatic carbocycles. The van der Waals surface area contributed by atoms with Crippen LogP contribution in [0.3, 0.4) is 0 Å². The summed E-state index contributed by atoms with van der Waals surface area (Å²) in [4.78, 5) is 25.5. The molecule has 27 heavy (non-hydrogen) atoms. The highest BCUT2D eigenvalue weighted by Gasteiger charge is 2.46. The van der Waals surface area contributed by atoms with E-state index < -0.39 is 6.10 Å². The lowest BCUT2D eigenvalue weighted by molar-refractivity contribution is -0.0363. The maximum atomic E-state index is 12.9. The Morgan fingerprint density at radius 2 is 2.15 bits per heavy atom. The van der Waals surface area contributed by atoms with Crippen molar-refractivity contribution < 1.29 is 9.90 Å². The molecule has 2 aromatic heterocycles. The van der Waals surface area contributed by atoms with Crippen molar-refractivity contribution in [1.29, 1.82) is 0 Å². The number of amides is 1. The van der Waals surface area contributed by atoms with E-state index in [1.165, 1.54) is 0 Å². The summed E-state index contributed by atoms with van der Waals surface area (Å²) < 4.78 is 1.77. The Morgan fingerprint density at radius 1 is 1.30 bits per heavy atom. The molecule has 2 aliphatic rings. The monoisotopic (exact) mass is 389 g/mol. The third-order valence-corrected chi connectivity index (χ3v) is 5.96. The predicted molar refractivity (Wildman–Crippen MR) is 103 cm³/mol. The molecule has 4 rings (SSSR count). The minimum Gasteiger partial charge on any atom is -0.392 e. The summed E-state index contributed by atoms with van der Waals surface area (Å²) in [6.07, 6.45) is 7.02. The number of aliphatic hydroxyl groups is 1. The first-order valence-electron chi connectivity index (χ1n) is 9.29. The molecule has 2 aromatic rings. The summed E-state index contributed by atoms with van der Waals surface area (Å²) in [6.45, 7) is 2.65. The van der Waals surface area contributed by atoms with Crippen LogP contribution >= 0.6 is 11.6 Å². The van der Waals surface area contributed by atoms with Crippen molar-refractivity contribution in [3.8, 4) is 0 Å². The van der Waals surface area contributed by atoms with E-state index in [9.17, 15) is 9.90 Å². The molecule has 0 unspecified atom stereocenters. The molecule has 2 aliphatic heterocycles. The minimum absolute atomic E-state index is 0.0661. The lowest BCUT2D eigenvalue weighted by Gasteiger charge is -2.51. The van der Waals surface area contributed by atoms with Gasteiger partial charge in [0.1, 0.15) is 11.5 Å². The largest absolute Gasteiger partial charge is 0.392 e. The number of halogens is 1. The number of carbonyl (C=O) groups is 1. The van der Waals surface area contributed by atoms with Gasteiger partial charge < -0.3 is 19.5 Å². The van der Waals surface area contributed by atoms with Crippen molar-refractivity contribution in [3.05, 3.63) is 41.6 Å². The first kappa shape index (κ1) is 18.3. The van der Waals surface area contributed by atoms with Gasteiger partial charge in [-0.15, -0.1) is 0 Å². The van der Waals surface area contributed by atoms with Crippen molar-refractivity contribution in [1.82, 2.24) is 19.4 Å². The Kier molecular flexibility index (Phi) is 4.82. The average Bonchev–Trinajstić information content (AvgIpc) is 3.11. The summed E-state index contributed by atoms with van der Waals surface area (Å²) in [5.74, 6) is 0.794. The molecule has 2 atom stereocenters. The Balaban J connectivity index is 1.54. The molecule has 4 heterocycles. The fraction of sp³-hybridized carbons (Fsp3) is 0.526. The zero-order valence-electron chi connectivity index (χ0n) is 15.4. The third kappa shape index (κ3) is 3.53. The number of anilines is 1. The zero-order valence-corrected chi connectivity index (χ0v) is 16.1. The van der Waals surface area contributed by atoms with Crippen LogP contribution in [0.5, 0.6) is 0 Å². The molecule has 7 nitrogen and oxygen atoms in total. The van der Waals surface area contributed by atoms with Crippen molar-refractivity contribution in [2.24, 2.45) is 12.5 Å². The molecule has 2 saturated heterocycles. The van der Waals surface area contributed by atoms with Crippen LogP contribution in [0.4, 0.5) is 5.82 Å². The highest BCUT2D eigenvalue weighted by atomic mass is 35.5. The van der Waals surface area contributed by atoms with Crippen LogP contribution in [0, 0.1) is 5.41 Å². The van der Waals surface area contributed by atoms with Gasteiger partial charge >= 0.3 is 0 Å². The molecule has 1 N–H and O–H groups in total. The van der Waals surface area contributed by atoms with Gasteiger partial charge in [0.2, 0.25) is 0 Å². The second-order valence-electron chi connectivity index (χ2n) is 7.68. The van der Waals surface area contributed by atoms with E-state index in [0.717, 1.165) is 25.2 Å². The van der Waals surface area contributed by atoms with Crippen molar-refractivity contribution >= 4 is 23.3 Å². The first-order valence-corrected chi connectivity index (χ1v) is 9.66. The number of carbonyl (C=O) groups excluding carboxylic acids is 1. The van der Waals surface area contributed by atoms with Gasteiger partial charge in [-0.3, -0.25) is 4.79 Å². The van der Waals surface area contributed by atoms with Crippen LogP contribution in [0.15, 0.2) is 30.9 Å². The maximum absolute atomic E-state index is 12.9. The van der Waals surface area contributed by atoms with E-state index in [0.29, 0.717) is 36.8 Å². The molecule has 2 fully saturated rings. The number of likely N-dealkylation sites (tertiary alicyclic amines) is 1. The average molecular weight is 390 g/mol. The predicted octanol–water partition coefficient (Wildman–Crippen LogP) is 1.96. The number of imidazole rings is 1. The fourth-order valence-corrected chi connectivity index (χ4v) is 4.43. The van der Waals surface area contributed by atoms with Gasteiger partial charge in [-0.25, -0.2) is 9.97 Å². The maximum Gasteiger partial charge on any atom is 0.274 e. The quantitative estimate of drug-likeness (QED) is 0.849. The van der Waals surface area contributed by atoms with Crippen LogP contribution in [0.25, 0.3) is 0 Å². The normalized spacial score (nSPS) is 25.8. The molecule has 1 amide bonds. The van der Waals surface area contributed by atoms with Crippen molar-refractivity contribution in [2.75, 3.05) is 31.1 Å². The summed E-state index contributed by atoms with van der Waals surface area (Å²) in [6, 6.07) is 3.74. The van der Waals surface area contributed by atoms with E-state index >= 15 is 0 Å². The highest BCUT2D eigenvalue weighted by molar-refractivity contribution is 6.30. The van der Waals surface area contributed by atoms with E-state index in [1.54, 1.807) is 23.3 Å². The van der Waals surface area contributed by atoms with Crippen LogP contribution in [-0.2, 0) is 7.05 Å². The Morgan fingerprint density at radius 3 is 2.85 bits per heavy atom. The number of rotatable bonds is 2. The van der Waals surface area contributed by atoms with Gasteiger partial charge in [0.05, 0.1) is 17.5 Å². The summed E-state index contributed by atoms with van der Waals surface area (Å²) >= 11 is 5.96. The van der Waals surface area contributed by atoms with Gasteiger partial charge in [-0.1, -0.05) is 11.6 Å². The summed E-state index contributed by atoms with van der Waals surface area (Å²) in [5.41, 5.74) is 0.110. The molecule has 144 valence electrons. The molecule has 0 aliphatic carbocycles. The number of nitrogens with zero attached hydrogens (tertiary/aromatic N) is 5. The number of piperidine rings is 2. The first-order chi connectivity index (χ1) is 13.0. The van der Waals surface area contributed by atoms with Crippen LogP contribution in [0.2, 0.25) is 5.02 Å². The number of hydrogen-bond donors (Lipinski definition) is 1. The van der Waals surface area contributed by atoms with Gasteiger partial charge in [0, 0.05) is 51.0 Å². The minimum atomic E-state index is -0.430. The molecule has 0 radical (unpaired) electrons. The molecule has 0 saturated carbocycles. The lowest BCUT2D eigenvalue weighted by Crippen LogP contribution is -2.60. The smallest absolute Gasteiger partial charge is 0.274 e. The van der Waals surface area contributed by atoms with Gasteiger partial charge in [0.25, 0.3) is 5.91 Å². The molecular weight excluding hydrogens is 366 g/mol. The van der Waals surface area contributed by atoms with Crippen molar-refractivity contribution in [3.63, 3.8) is 0 Å². The number of aliphatic hydroxyl groups excluding tert-OH is 1. The van der Waals surface area contributed by atoms with Crippen LogP contribution in [0.1, 0.15) is 29.8 Å². The molecule has 8 heteroatoms. The molecular formula is C19H24ClN5O2. The van der Waals surface area contributed by atoms with E-state index in [-0.39, 0.29) is 11.3 Å². The second kappa shape index (κ2) is 7.13. The van der Waals surface area contributed by atoms with Crippen LogP contribution in [-0.4, -0.2) is 62.7 Å². The standard InChI is InChI=1S/C19H24ClN5O2/c1-23-10-15(22-13-23)18(27)25-7-2-6-19(12-25)11-24(8-5-16(19)26)17-4-3-14(20)9-21-17/h3-4,9-10,13,16,26H,2,5-8,11-12H2,1H3/t16-,19-/m1/s1. The summed E-state index contributed by atoms with van der Waals surface area (Å²) in [7, 11) is 1.85. The van der Waals surface area contributed by atoms with Crippen molar-refractivity contribution in [2.45, 2.75) is 25.4 Å². The summed E-state index contributed by atoms with van der Waals surface area (Å²) in [5, 5.41) is 11.4. The third-order valence-electron chi connectivity index (χ3n) is 5.74. The Bertz CT molecular complexity index is 824. The number of hydrogen-bond acceptors (Lipinski definition) is 5. The SMILES string of the molecule is Cn1cnc(C(=O)N2CCC[C@]3(C2)CN(c2ccc(Cl)cn2)CC[C@H]3O)c1. The van der Waals surface area contributed by atoms with E-state index in [4.69, 9.17) is 11.6 Å². The number of pyridine rings is 1. The van der Waals surface area contributed by atoms with Gasteiger partial charge in [0.15, 0.2) is 0 Å². The Hall–Kier alpha value is -2.12. The second-order valence-corrected chi connectivity index (χ2v) is 8.11. The van der Waals surface area contributed by atoms with Gasteiger partial charge in [-0.05, 0) is 31.4 Å². The molecule has 0 bridgehead atoms. The van der Waals surface area contributed by atoms with E-state index in [1.807, 2.05) is 24.1 Å². The number of aromatic nitrogens is 3. The lowest BCUT2D eigenvalue weighted by atomic mass is 9.71. The Labute approximate surface area is 163 Å². The number of aryl methyl sites for hydroxylation is 1. The highest BCUT2D eigenvalue weighted by Crippen LogP contribution is 2.40. The fourth-order valence-electron chi connectivity index (χ4n) is 4.32.